The Morgan fingerprint density at radius 2 is 2.00 bits per heavy atom. The number of carbonyl (C=O) groups excluding carboxylic acids is 1. The molecule has 0 bridgehead atoms. The van der Waals surface area contributed by atoms with Crippen LogP contribution in [0.3, 0.4) is 0 Å². The summed E-state index contributed by atoms with van der Waals surface area (Å²) in [6, 6.07) is 15.4. The van der Waals surface area contributed by atoms with Crippen molar-refractivity contribution in [1.82, 2.24) is 4.90 Å². The van der Waals surface area contributed by atoms with Crippen molar-refractivity contribution in [3.8, 4) is 5.75 Å². The summed E-state index contributed by atoms with van der Waals surface area (Å²) in [5, 5.41) is 9.83. The quantitative estimate of drug-likeness (QED) is 0.917. The number of aromatic hydroxyl groups is 1. The molecular weight excluding hydrogens is 262 g/mol. The Kier molecular flexibility index (Phi) is 3.65. The molecule has 3 nitrogen and oxygen atoms in total. The van der Waals surface area contributed by atoms with Gasteiger partial charge < -0.3 is 10.0 Å². The molecular formula is C18H19NO2. The van der Waals surface area contributed by atoms with Crippen LogP contribution >= 0.6 is 0 Å². The van der Waals surface area contributed by atoms with Crippen molar-refractivity contribution < 1.29 is 9.90 Å². The lowest BCUT2D eigenvalue weighted by atomic mass is 9.88. The number of phenolic OH excluding ortho intramolecular Hbond substituents is 1. The molecule has 0 spiro atoms. The van der Waals surface area contributed by atoms with E-state index < -0.39 is 0 Å². The number of hydrogen-bond donors (Lipinski definition) is 1. The molecule has 2 aromatic carbocycles. The summed E-state index contributed by atoms with van der Waals surface area (Å²) >= 11 is 0. The zero-order valence-electron chi connectivity index (χ0n) is 12.1. The third-order valence-corrected chi connectivity index (χ3v) is 4.10. The summed E-state index contributed by atoms with van der Waals surface area (Å²) in [4.78, 5) is 14.2. The van der Waals surface area contributed by atoms with E-state index in [9.17, 15) is 9.90 Å². The SMILES string of the molecule is CCC(=O)N1CCc2ccc(O)cc2C1c1ccccc1. The van der Waals surface area contributed by atoms with E-state index in [2.05, 4.69) is 0 Å². The van der Waals surface area contributed by atoms with Crippen molar-refractivity contribution in [2.24, 2.45) is 0 Å². The monoisotopic (exact) mass is 281 g/mol. The molecule has 1 unspecified atom stereocenters. The molecule has 0 aliphatic carbocycles. The molecule has 0 aromatic heterocycles. The molecule has 1 atom stereocenters. The van der Waals surface area contributed by atoms with Crippen LogP contribution in [0.2, 0.25) is 0 Å². The van der Waals surface area contributed by atoms with Gasteiger partial charge in [-0.05, 0) is 35.2 Å². The number of benzene rings is 2. The lowest BCUT2D eigenvalue weighted by Gasteiger charge is -2.37. The van der Waals surface area contributed by atoms with E-state index in [0.717, 1.165) is 24.1 Å². The number of rotatable bonds is 2. The Bertz CT molecular complexity index is 652. The first kappa shape index (κ1) is 13.7. The molecule has 3 heteroatoms. The number of nitrogens with zero attached hydrogens (tertiary/aromatic N) is 1. The van der Waals surface area contributed by atoms with Gasteiger partial charge in [0, 0.05) is 13.0 Å². The highest BCUT2D eigenvalue weighted by Crippen LogP contribution is 2.37. The van der Waals surface area contributed by atoms with E-state index in [4.69, 9.17) is 0 Å². The number of hydrogen-bond acceptors (Lipinski definition) is 2. The number of carbonyl (C=O) groups is 1. The first-order chi connectivity index (χ1) is 10.2. The summed E-state index contributed by atoms with van der Waals surface area (Å²) in [6.45, 7) is 2.62. The molecule has 2 aromatic rings. The molecule has 1 heterocycles. The molecule has 0 radical (unpaired) electrons. The molecule has 0 saturated carbocycles. The van der Waals surface area contributed by atoms with Gasteiger partial charge in [0.05, 0.1) is 6.04 Å². The van der Waals surface area contributed by atoms with E-state index in [1.807, 2.05) is 48.2 Å². The average molecular weight is 281 g/mol. The summed E-state index contributed by atoms with van der Waals surface area (Å²) in [7, 11) is 0. The van der Waals surface area contributed by atoms with Crippen molar-refractivity contribution in [2.45, 2.75) is 25.8 Å². The maximum atomic E-state index is 12.3. The van der Waals surface area contributed by atoms with Crippen molar-refractivity contribution in [3.05, 3.63) is 65.2 Å². The lowest BCUT2D eigenvalue weighted by Crippen LogP contribution is -2.40. The molecule has 21 heavy (non-hydrogen) atoms. The number of fused-ring (bicyclic) bond motifs is 1. The van der Waals surface area contributed by atoms with Gasteiger partial charge in [0.2, 0.25) is 5.91 Å². The van der Waals surface area contributed by atoms with E-state index in [1.54, 1.807) is 12.1 Å². The van der Waals surface area contributed by atoms with E-state index in [-0.39, 0.29) is 17.7 Å². The Balaban J connectivity index is 2.13. The van der Waals surface area contributed by atoms with Gasteiger partial charge in [0.15, 0.2) is 0 Å². The van der Waals surface area contributed by atoms with Crippen LogP contribution in [-0.2, 0) is 11.2 Å². The molecule has 0 saturated heterocycles. The van der Waals surface area contributed by atoms with Gasteiger partial charge in [-0.25, -0.2) is 0 Å². The number of amides is 1. The molecule has 1 amide bonds. The molecule has 1 N–H and O–H groups in total. The topological polar surface area (TPSA) is 40.5 Å². The standard InChI is InChI=1S/C18H19NO2/c1-2-17(21)19-11-10-13-8-9-15(20)12-16(13)18(19)14-6-4-3-5-7-14/h3-9,12,18,20H,2,10-11H2,1H3. The number of phenols is 1. The highest BCUT2D eigenvalue weighted by atomic mass is 16.3. The molecule has 1 aliphatic heterocycles. The average Bonchev–Trinajstić information content (AvgIpc) is 2.53. The fraction of sp³-hybridized carbons (Fsp3) is 0.278. The smallest absolute Gasteiger partial charge is 0.223 e. The fourth-order valence-corrected chi connectivity index (χ4v) is 3.07. The molecule has 108 valence electrons. The predicted octanol–water partition coefficient (Wildman–Crippen LogP) is 3.28. The van der Waals surface area contributed by atoms with Crippen LogP contribution in [0.5, 0.6) is 5.75 Å². The largest absolute Gasteiger partial charge is 0.508 e. The Labute approximate surface area is 124 Å². The van der Waals surface area contributed by atoms with E-state index >= 15 is 0 Å². The van der Waals surface area contributed by atoms with Crippen LogP contribution in [0.15, 0.2) is 48.5 Å². The summed E-state index contributed by atoms with van der Waals surface area (Å²) < 4.78 is 0. The zero-order valence-corrected chi connectivity index (χ0v) is 12.1. The van der Waals surface area contributed by atoms with Crippen LogP contribution in [0.4, 0.5) is 0 Å². The lowest BCUT2D eigenvalue weighted by molar-refractivity contribution is -0.132. The van der Waals surface area contributed by atoms with Gasteiger partial charge in [0.1, 0.15) is 5.75 Å². The minimum absolute atomic E-state index is 0.102. The molecule has 1 aliphatic rings. The van der Waals surface area contributed by atoms with Crippen molar-refractivity contribution in [3.63, 3.8) is 0 Å². The minimum atomic E-state index is -0.102. The van der Waals surface area contributed by atoms with Gasteiger partial charge in [-0.2, -0.15) is 0 Å². The van der Waals surface area contributed by atoms with Gasteiger partial charge in [-0.3, -0.25) is 4.79 Å². The normalized spacial score (nSPS) is 17.4. The van der Waals surface area contributed by atoms with Gasteiger partial charge in [-0.15, -0.1) is 0 Å². The highest BCUT2D eigenvalue weighted by molar-refractivity contribution is 5.77. The van der Waals surface area contributed by atoms with Crippen molar-refractivity contribution in [1.29, 1.82) is 0 Å². The summed E-state index contributed by atoms with van der Waals surface area (Å²) in [5.74, 6) is 0.401. The summed E-state index contributed by atoms with van der Waals surface area (Å²) in [5.41, 5.74) is 3.34. The first-order valence-electron chi connectivity index (χ1n) is 7.37. The molecule has 0 fully saturated rings. The van der Waals surface area contributed by atoms with Crippen LogP contribution in [0, 0.1) is 0 Å². The second-order valence-electron chi connectivity index (χ2n) is 5.39. The van der Waals surface area contributed by atoms with Crippen LogP contribution < -0.4 is 0 Å². The van der Waals surface area contributed by atoms with Crippen molar-refractivity contribution >= 4 is 5.91 Å². The molecule has 3 rings (SSSR count). The minimum Gasteiger partial charge on any atom is -0.508 e. The maximum absolute atomic E-state index is 12.3. The third kappa shape index (κ3) is 2.51. The summed E-state index contributed by atoms with van der Waals surface area (Å²) in [6.07, 6.45) is 1.34. The first-order valence-corrected chi connectivity index (χ1v) is 7.37. The van der Waals surface area contributed by atoms with Crippen LogP contribution in [0.25, 0.3) is 0 Å². The Morgan fingerprint density at radius 3 is 2.71 bits per heavy atom. The second-order valence-corrected chi connectivity index (χ2v) is 5.39. The van der Waals surface area contributed by atoms with Gasteiger partial charge in [-0.1, -0.05) is 43.3 Å². The predicted molar refractivity (Wildman–Crippen MR) is 82.1 cm³/mol. The van der Waals surface area contributed by atoms with Crippen LogP contribution in [0.1, 0.15) is 36.1 Å². The fourth-order valence-electron chi connectivity index (χ4n) is 3.07. The highest BCUT2D eigenvalue weighted by Gasteiger charge is 2.31. The van der Waals surface area contributed by atoms with Crippen LogP contribution in [-0.4, -0.2) is 22.5 Å². The Hall–Kier alpha value is -2.29. The van der Waals surface area contributed by atoms with Crippen molar-refractivity contribution in [2.75, 3.05) is 6.54 Å². The maximum Gasteiger partial charge on any atom is 0.223 e. The van der Waals surface area contributed by atoms with Gasteiger partial charge in [0.25, 0.3) is 0 Å². The van der Waals surface area contributed by atoms with Gasteiger partial charge >= 0.3 is 0 Å². The van der Waals surface area contributed by atoms with E-state index in [0.29, 0.717) is 6.42 Å². The van der Waals surface area contributed by atoms with E-state index in [1.165, 1.54) is 5.56 Å². The third-order valence-electron chi connectivity index (χ3n) is 4.10. The Morgan fingerprint density at radius 1 is 1.24 bits per heavy atom. The zero-order chi connectivity index (χ0) is 14.8. The second kappa shape index (κ2) is 5.60.